The van der Waals surface area contributed by atoms with Crippen molar-refractivity contribution in [2.45, 2.75) is 26.2 Å². The highest BCUT2D eigenvalue weighted by molar-refractivity contribution is 6.30. The van der Waals surface area contributed by atoms with Crippen LogP contribution in [0.2, 0.25) is 5.02 Å². The molecule has 104 valence electrons. The van der Waals surface area contributed by atoms with Crippen LogP contribution in [-0.2, 0) is 5.41 Å². The molecule has 0 aliphatic heterocycles. The molecule has 0 aliphatic carbocycles. The van der Waals surface area contributed by atoms with Crippen LogP contribution in [0.1, 0.15) is 36.7 Å². The van der Waals surface area contributed by atoms with Gasteiger partial charge in [-0.25, -0.2) is 4.79 Å². The van der Waals surface area contributed by atoms with Gasteiger partial charge in [-0.2, -0.15) is 0 Å². The Hall–Kier alpha value is -1.80. The van der Waals surface area contributed by atoms with Crippen LogP contribution < -0.4 is 4.74 Å². The molecular weight excluding hydrogens is 272 g/mol. The first-order chi connectivity index (χ1) is 9.36. The van der Waals surface area contributed by atoms with Crippen LogP contribution in [0.3, 0.4) is 0 Å². The maximum Gasteiger partial charge on any atom is 0.343 e. The highest BCUT2D eigenvalue weighted by Gasteiger charge is 2.14. The molecule has 0 amide bonds. The fourth-order valence-corrected chi connectivity index (χ4v) is 1.90. The molecule has 0 radical (unpaired) electrons. The van der Waals surface area contributed by atoms with E-state index in [9.17, 15) is 4.79 Å². The van der Waals surface area contributed by atoms with Gasteiger partial charge in [0.05, 0.1) is 5.56 Å². The standard InChI is InChI=1S/C17H17ClO2/c1-17(2,3)13-6-10-15(11-7-13)20-16(19)12-4-8-14(18)9-5-12/h4-11H,1-3H3. The van der Waals surface area contributed by atoms with Crippen molar-refractivity contribution in [1.82, 2.24) is 0 Å². The number of ether oxygens (including phenoxy) is 1. The Morgan fingerprint density at radius 2 is 1.50 bits per heavy atom. The molecule has 0 spiro atoms. The SMILES string of the molecule is CC(C)(C)c1ccc(OC(=O)c2ccc(Cl)cc2)cc1. The van der Waals surface area contributed by atoms with E-state index in [1.807, 2.05) is 24.3 Å². The first-order valence-electron chi connectivity index (χ1n) is 6.44. The molecule has 0 aromatic heterocycles. The largest absolute Gasteiger partial charge is 0.423 e. The fourth-order valence-electron chi connectivity index (χ4n) is 1.77. The van der Waals surface area contributed by atoms with Crippen LogP contribution in [0.15, 0.2) is 48.5 Å². The van der Waals surface area contributed by atoms with E-state index in [4.69, 9.17) is 16.3 Å². The Kier molecular flexibility index (Phi) is 4.15. The second-order valence-electron chi connectivity index (χ2n) is 5.67. The maximum atomic E-state index is 11.9. The molecule has 2 rings (SSSR count). The fraction of sp³-hybridized carbons (Fsp3) is 0.235. The summed E-state index contributed by atoms with van der Waals surface area (Å²) in [6, 6.07) is 14.2. The number of halogens is 1. The van der Waals surface area contributed by atoms with Crippen molar-refractivity contribution in [2.24, 2.45) is 0 Å². The Labute approximate surface area is 124 Å². The number of hydrogen-bond donors (Lipinski definition) is 0. The summed E-state index contributed by atoms with van der Waals surface area (Å²) >= 11 is 5.78. The second kappa shape index (κ2) is 5.68. The van der Waals surface area contributed by atoms with E-state index in [-0.39, 0.29) is 11.4 Å². The first-order valence-corrected chi connectivity index (χ1v) is 6.82. The Morgan fingerprint density at radius 3 is 2.00 bits per heavy atom. The van der Waals surface area contributed by atoms with E-state index in [1.165, 1.54) is 5.56 Å². The minimum Gasteiger partial charge on any atom is -0.423 e. The van der Waals surface area contributed by atoms with Crippen molar-refractivity contribution in [3.8, 4) is 5.75 Å². The molecule has 2 nitrogen and oxygen atoms in total. The van der Waals surface area contributed by atoms with Crippen LogP contribution in [0, 0.1) is 0 Å². The quantitative estimate of drug-likeness (QED) is 0.583. The van der Waals surface area contributed by atoms with E-state index in [1.54, 1.807) is 24.3 Å². The zero-order valence-electron chi connectivity index (χ0n) is 11.8. The molecule has 2 aromatic carbocycles. The van der Waals surface area contributed by atoms with E-state index in [2.05, 4.69) is 20.8 Å². The summed E-state index contributed by atoms with van der Waals surface area (Å²) < 4.78 is 5.33. The zero-order valence-corrected chi connectivity index (χ0v) is 12.6. The lowest BCUT2D eigenvalue weighted by Gasteiger charge is -2.18. The lowest BCUT2D eigenvalue weighted by atomic mass is 9.87. The van der Waals surface area contributed by atoms with Gasteiger partial charge < -0.3 is 4.74 Å². The Morgan fingerprint density at radius 1 is 0.950 bits per heavy atom. The van der Waals surface area contributed by atoms with Gasteiger partial charge in [0.25, 0.3) is 0 Å². The summed E-state index contributed by atoms with van der Waals surface area (Å²) in [5.41, 5.74) is 1.76. The summed E-state index contributed by atoms with van der Waals surface area (Å²) in [5, 5.41) is 0.594. The average Bonchev–Trinajstić information content (AvgIpc) is 2.39. The molecule has 2 aromatic rings. The maximum absolute atomic E-state index is 11.9. The molecule has 3 heteroatoms. The number of hydrogen-bond acceptors (Lipinski definition) is 2. The lowest BCUT2D eigenvalue weighted by molar-refractivity contribution is 0.0735. The third-order valence-electron chi connectivity index (χ3n) is 3.01. The average molecular weight is 289 g/mol. The highest BCUT2D eigenvalue weighted by atomic mass is 35.5. The van der Waals surface area contributed by atoms with Crippen LogP contribution in [-0.4, -0.2) is 5.97 Å². The van der Waals surface area contributed by atoms with E-state index in [0.717, 1.165) is 0 Å². The normalized spacial score (nSPS) is 11.2. The third kappa shape index (κ3) is 3.61. The van der Waals surface area contributed by atoms with Crippen LogP contribution in [0.4, 0.5) is 0 Å². The predicted molar refractivity (Wildman–Crippen MR) is 81.6 cm³/mol. The topological polar surface area (TPSA) is 26.3 Å². The molecule has 0 heterocycles. The first kappa shape index (κ1) is 14.6. The van der Waals surface area contributed by atoms with Crippen molar-refractivity contribution in [1.29, 1.82) is 0 Å². The molecule has 20 heavy (non-hydrogen) atoms. The van der Waals surface area contributed by atoms with Crippen molar-refractivity contribution in [3.63, 3.8) is 0 Å². The second-order valence-corrected chi connectivity index (χ2v) is 6.11. The van der Waals surface area contributed by atoms with Crippen molar-refractivity contribution >= 4 is 17.6 Å². The van der Waals surface area contributed by atoms with Crippen LogP contribution >= 0.6 is 11.6 Å². The van der Waals surface area contributed by atoms with Gasteiger partial charge >= 0.3 is 5.97 Å². The number of carbonyl (C=O) groups excluding carboxylic acids is 1. The van der Waals surface area contributed by atoms with Crippen molar-refractivity contribution in [3.05, 3.63) is 64.7 Å². The summed E-state index contributed by atoms with van der Waals surface area (Å²) in [6.07, 6.45) is 0. The van der Waals surface area contributed by atoms with Gasteiger partial charge in [-0.3, -0.25) is 0 Å². The van der Waals surface area contributed by atoms with Crippen molar-refractivity contribution < 1.29 is 9.53 Å². The van der Waals surface area contributed by atoms with Gasteiger partial charge in [0.2, 0.25) is 0 Å². The van der Waals surface area contributed by atoms with Crippen molar-refractivity contribution in [2.75, 3.05) is 0 Å². The zero-order chi connectivity index (χ0) is 14.8. The van der Waals surface area contributed by atoms with E-state index in [0.29, 0.717) is 16.3 Å². The molecular formula is C17H17ClO2. The van der Waals surface area contributed by atoms with Gasteiger partial charge in [-0.1, -0.05) is 44.5 Å². The van der Waals surface area contributed by atoms with Crippen LogP contribution in [0.5, 0.6) is 5.75 Å². The summed E-state index contributed by atoms with van der Waals surface area (Å²) in [7, 11) is 0. The third-order valence-corrected chi connectivity index (χ3v) is 3.26. The Balaban J connectivity index is 2.10. The number of esters is 1. The molecule has 0 N–H and O–H groups in total. The molecule has 0 fully saturated rings. The van der Waals surface area contributed by atoms with Gasteiger partial charge in [-0.05, 0) is 47.4 Å². The predicted octanol–water partition coefficient (Wildman–Crippen LogP) is 4.86. The summed E-state index contributed by atoms with van der Waals surface area (Å²) in [4.78, 5) is 11.9. The molecule has 0 atom stereocenters. The monoisotopic (exact) mass is 288 g/mol. The van der Waals surface area contributed by atoms with Gasteiger partial charge in [0.1, 0.15) is 5.75 Å². The van der Waals surface area contributed by atoms with Gasteiger partial charge in [0, 0.05) is 5.02 Å². The summed E-state index contributed by atoms with van der Waals surface area (Å²) in [5.74, 6) is 0.156. The Bertz CT molecular complexity index is 592. The minimum absolute atomic E-state index is 0.0821. The number of benzene rings is 2. The molecule has 0 bridgehead atoms. The molecule has 0 saturated carbocycles. The lowest BCUT2D eigenvalue weighted by Crippen LogP contribution is -2.11. The van der Waals surface area contributed by atoms with Crippen LogP contribution in [0.25, 0.3) is 0 Å². The number of carbonyl (C=O) groups is 1. The molecule has 0 saturated heterocycles. The van der Waals surface area contributed by atoms with Gasteiger partial charge in [0.15, 0.2) is 0 Å². The smallest absolute Gasteiger partial charge is 0.343 e. The number of rotatable bonds is 2. The molecule has 0 unspecified atom stereocenters. The van der Waals surface area contributed by atoms with E-state index >= 15 is 0 Å². The minimum atomic E-state index is -0.384. The van der Waals surface area contributed by atoms with E-state index < -0.39 is 0 Å². The summed E-state index contributed by atoms with van der Waals surface area (Å²) in [6.45, 7) is 6.42. The van der Waals surface area contributed by atoms with Gasteiger partial charge in [-0.15, -0.1) is 0 Å². The highest BCUT2D eigenvalue weighted by Crippen LogP contribution is 2.24. The molecule has 0 aliphatic rings.